The number of nitrogens with two attached hydrogens (primary N) is 1. The molecule has 1 unspecified atom stereocenters. The minimum absolute atomic E-state index is 0.268. The molecule has 0 heterocycles. The zero-order chi connectivity index (χ0) is 9.68. The molecule has 0 aliphatic carbocycles. The molecule has 0 aromatic heterocycles. The maximum Gasteiger partial charge on any atom is 0.0637 e. The van der Waals surface area contributed by atoms with Crippen molar-refractivity contribution in [3.63, 3.8) is 0 Å². The lowest BCUT2D eigenvalue weighted by Gasteiger charge is -2.09. The van der Waals surface area contributed by atoms with Gasteiger partial charge in [-0.05, 0) is 19.1 Å². The molecule has 2 nitrogen and oxygen atoms in total. The predicted octanol–water partition coefficient (Wildman–Crippen LogP) is 2.40. The van der Waals surface area contributed by atoms with Gasteiger partial charge in [0.2, 0.25) is 0 Å². The fourth-order valence-corrected chi connectivity index (χ4v) is 1.85. The third-order valence-corrected chi connectivity index (χ3v) is 3.11. The fourth-order valence-electron chi connectivity index (χ4n) is 0.887. The Hall–Kier alpha value is -0.670. The van der Waals surface area contributed by atoms with E-state index in [2.05, 4.69) is 0 Å². The Morgan fingerprint density at radius 1 is 1.46 bits per heavy atom. The second kappa shape index (κ2) is 5.14. The Balaban J connectivity index is 2.50. The van der Waals surface area contributed by atoms with Gasteiger partial charge in [0.1, 0.15) is 0 Å². The quantitative estimate of drug-likeness (QED) is 0.594. The summed E-state index contributed by atoms with van der Waals surface area (Å²) >= 11 is 1.73. The van der Waals surface area contributed by atoms with Crippen LogP contribution in [0.1, 0.15) is 6.92 Å². The van der Waals surface area contributed by atoms with E-state index in [0.29, 0.717) is 0 Å². The Morgan fingerprint density at radius 3 is 2.77 bits per heavy atom. The van der Waals surface area contributed by atoms with Crippen LogP contribution in [0.3, 0.4) is 0 Å². The summed E-state index contributed by atoms with van der Waals surface area (Å²) in [5, 5.41) is 0. The number of rotatable bonds is 4. The van der Waals surface area contributed by atoms with Gasteiger partial charge >= 0.3 is 0 Å². The van der Waals surface area contributed by atoms with Crippen LogP contribution in [0.15, 0.2) is 29.2 Å². The molecular formula is C10H15NOS. The van der Waals surface area contributed by atoms with Crippen molar-refractivity contribution in [3.8, 4) is 0 Å². The van der Waals surface area contributed by atoms with E-state index in [1.165, 1.54) is 0 Å². The lowest BCUT2D eigenvalue weighted by Crippen LogP contribution is -2.07. The number of hydrogen-bond donors (Lipinski definition) is 1. The van der Waals surface area contributed by atoms with Crippen LogP contribution in [-0.2, 0) is 4.74 Å². The number of nitrogen functional groups attached to an aromatic ring is 1. The van der Waals surface area contributed by atoms with Crippen LogP contribution in [-0.4, -0.2) is 19.0 Å². The number of hydrogen-bond acceptors (Lipinski definition) is 3. The van der Waals surface area contributed by atoms with Gasteiger partial charge in [0.25, 0.3) is 0 Å². The summed E-state index contributed by atoms with van der Waals surface area (Å²) in [6.45, 7) is 2.05. The number of benzene rings is 1. The summed E-state index contributed by atoms with van der Waals surface area (Å²) in [7, 11) is 1.72. The topological polar surface area (TPSA) is 35.2 Å². The molecule has 1 aromatic carbocycles. The molecule has 0 fully saturated rings. The number of methoxy groups -OCH3 is 1. The monoisotopic (exact) mass is 197 g/mol. The van der Waals surface area contributed by atoms with E-state index < -0.39 is 0 Å². The zero-order valence-corrected chi connectivity index (χ0v) is 8.80. The maximum absolute atomic E-state index is 5.79. The molecule has 2 N–H and O–H groups in total. The van der Waals surface area contributed by atoms with Gasteiger partial charge in [-0.2, -0.15) is 0 Å². The Morgan fingerprint density at radius 2 is 2.15 bits per heavy atom. The van der Waals surface area contributed by atoms with Crippen LogP contribution in [0, 0.1) is 0 Å². The van der Waals surface area contributed by atoms with E-state index in [4.69, 9.17) is 10.5 Å². The first kappa shape index (κ1) is 10.4. The highest BCUT2D eigenvalue weighted by Crippen LogP contribution is 2.25. The summed E-state index contributed by atoms with van der Waals surface area (Å²) in [6, 6.07) is 7.89. The van der Waals surface area contributed by atoms with Crippen LogP contribution in [0.25, 0.3) is 0 Å². The Labute approximate surface area is 83.5 Å². The number of para-hydroxylation sites is 1. The van der Waals surface area contributed by atoms with Crippen molar-refractivity contribution in [2.24, 2.45) is 0 Å². The molecule has 0 aliphatic rings. The average Bonchev–Trinajstić information content (AvgIpc) is 2.16. The van der Waals surface area contributed by atoms with Crippen molar-refractivity contribution in [1.82, 2.24) is 0 Å². The number of ether oxygens (including phenoxy) is 1. The SMILES string of the molecule is COC(C)CSc1ccccc1N. The molecule has 72 valence electrons. The molecule has 13 heavy (non-hydrogen) atoms. The number of anilines is 1. The maximum atomic E-state index is 5.79. The summed E-state index contributed by atoms with van der Waals surface area (Å²) in [6.07, 6.45) is 0.268. The summed E-state index contributed by atoms with van der Waals surface area (Å²) in [5.74, 6) is 0.935. The highest BCUT2D eigenvalue weighted by molar-refractivity contribution is 7.99. The predicted molar refractivity (Wildman–Crippen MR) is 58.0 cm³/mol. The van der Waals surface area contributed by atoms with E-state index in [9.17, 15) is 0 Å². The third-order valence-electron chi connectivity index (χ3n) is 1.79. The molecule has 3 heteroatoms. The molecule has 1 atom stereocenters. The fraction of sp³-hybridized carbons (Fsp3) is 0.400. The molecule has 0 radical (unpaired) electrons. The molecule has 1 rings (SSSR count). The highest BCUT2D eigenvalue weighted by Gasteiger charge is 2.02. The normalized spacial score (nSPS) is 12.8. The molecular weight excluding hydrogens is 182 g/mol. The van der Waals surface area contributed by atoms with Gasteiger partial charge in [0, 0.05) is 23.4 Å². The van der Waals surface area contributed by atoms with Crippen molar-refractivity contribution in [2.45, 2.75) is 17.9 Å². The highest BCUT2D eigenvalue weighted by atomic mass is 32.2. The molecule has 0 aliphatic heterocycles. The van der Waals surface area contributed by atoms with E-state index in [0.717, 1.165) is 16.3 Å². The molecule has 0 saturated heterocycles. The molecule has 0 saturated carbocycles. The lowest BCUT2D eigenvalue weighted by molar-refractivity contribution is 0.138. The van der Waals surface area contributed by atoms with E-state index >= 15 is 0 Å². The average molecular weight is 197 g/mol. The molecule has 0 amide bonds. The van der Waals surface area contributed by atoms with Crippen LogP contribution in [0.4, 0.5) is 5.69 Å². The summed E-state index contributed by atoms with van der Waals surface area (Å²) in [4.78, 5) is 1.13. The standard InChI is InChI=1S/C10H15NOS/c1-8(12-2)7-13-10-6-4-3-5-9(10)11/h3-6,8H,7,11H2,1-2H3. The van der Waals surface area contributed by atoms with Gasteiger partial charge in [0.05, 0.1) is 6.10 Å². The molecule has 0 bridgehead atoms. The largest absolute Gasteiger partial charge is 0.398 e. The van der Waals surface area contributed by atoms with E-state index in [1.807, 2.05) is 31.2 Å². The van der Waals surface area contributed by atoms with Gasteiger partial charge in [-0.25, -0.2) is 0 Å². The second-order valence-corrected chi connectivity index (χ2v) is 3.96. The summed E-state index contributed by atoms with van der Waals surface area (Å²) in [5.41, 5.74) is 6.63. The van der Waals surface area contributed by atoms with E-state index in [-0.39, 0.29) is 6.10 Å². The van der Waals surface area contributed by atoms with Crippen molar-refractivity contribution in [2.75, 3.05) is 18.6 Å². The first-order valence-corrected chi connectivity index (χ1v) is 5.22. The third kappa shape index (κ3) is 3.28. The first-order valence-electron chi connectivity index (χ1n) is 4.24. The van der Waals surface area contributed by atoms with Crippen LogP contribution in [0.5, 0.6) is 0 Å². The number of thioether (sulfide) groups is 1. The Kier molecular flexibility index (Phi) is 4.12. The van der Waals surface area contributed by atoms with Crippen LogP contribution in [0.2, 0.25) is 0 Å². The van der Waals surface area contributed by atoms with Gasteiger partial charge in [-0.15, -0.1) is 11.8 Å². The smallest absolute Gasteiger partial charge is 0.0637 e. The molecule has 1 aromatic rings. The lowest BCUT2D eigenvalue weighted by atomic mass is 10.3. The van der Waals surface area contributed by atoms with E-state index in [1.54, 1.807) is 18.9 Å². The van der Waals surface area contributed by atoms with Crippen molar-refractivity contribution in [1.29, 1.82) is 0 Å². The minimum Gasteiger partial charge on any atom is -0.398 e. The van der Waals surface area contributed by atoms with Crippen molar-refractivity contribution in [3.05, 3.63) is 24.3 Å². The van der Waals surface area contributed by atoms with Gasteiger partial charge in [0.15, 0.2) is 0 Å². The Bertz CT molecular complexity index is 265. The van der Waals surface area contributed by atoms with Crippen molar-refractivity contribution >= 4 is 17.4 Å². The second-order valence-electron chi connectivity index (χ2n) is 2.90. The van der Waals surface area contributed by atoms with Crippen molar-refractivity contribution < 1.29 is 4.74 Å². The molecule has 0 spiro atoms. The minimum atomic E-state index is 0.268. The summed E-state index contributed by atoms with van der Waals surface area (Å²) < 4.78 is 5.15. The van der Waals surface area contributed by atoms with Gasteiger partial charge < -0.3 is 10.5 Å². The van der Waals surface area contributed by atoms with Gasteiger partial charge in [-0.3, -0.25) is 0 Å². The zero-order valence-electron chi connectivity index (χ0n) is 7.99. The van der Waals surface area contributed by atoms with Crippen LogP contribution >= 0.6 is 11.8 Å². The first-order chi connectivity index (χ1) is 6.24. The van der Waals surface area contributed by atoms with Crippen LogP contribution < -0.4 is 5.73 Å². The van der Waals surface area contributed by atoms with Gasteiger partial charge in [-0.1, -0.05) is 12.1 Å².